The topological polar surface area (TPSA) is 44.8 Å². The van der Waals surface area contributed by atoms with E-state index in [2.05, 4.69) is 40.5 Å². The Morgan fingerprint density at radius 1 is 1.00 bits per heavy atom. The van der Waals surface area contributed by atoms with Crippen molar-refractivity contribution in [2.75, 3.05) is 42.6 Å². The van der Waals surface area contributed by atoms with Gasteiger partial charge >= 0.3 is 6.03 Å². The molecule has 0 atom stereocenters. The highest BCUT2D eigenvalue weighted by Gasteiger charge is 2.23. The molecule has 25 heavy (non-hydrogen) atoms. The maximum Gasteiger partial charge on any atom is 0.322 e. The van der Waals surface area contributed by atoms with Crippen molar-refractivity contribution >= 4 is 17.4 Å². The molecule has 0 bridgehead atoms. The highest BCUT2D eigenvalue weighted by atomic mass is 16.5. The smallest absolute Gasteiger partial charge is 0.322 e. The highest BCUT2D eigenvalue weighted by Crippen LogP contribution is 2.27. The predicted octanol–water partition coefficient (Wildman–Crippen LogP) is 2.80. The Bertz CT molecular complexity index is 739. The van der Waals surface area contributed by atoms with Gasteiger partial charge in [-0.15, -0.1) is 0 Å². The number of nitrogens with one attached hydrogen (secondary N) is 1. The molecule has 2 aliphatic rings. The molecule has 0 aliphatic carbocycles. The zero-order valence-electron chi connectivity index (χ0n) is 14.3. The summed E-state index contributed by atoms with van der Waals surface area (Å²) in [5.74, 6) is 0. The summed E-state index contributed by atoms with van der Waals surface area (Å²) in [4.78, 5) is 16.6. The molecule has 2 aromatic rings. The minimum absolute atomic E-state index is 0.0257. The van der Waals surface area contributed by atoms with Crippen LogP contribution in [0.25, 0.3) is 0 Å². The molecule has 5 nitrogen and oxygen atoms in total. The second-order valence-corrected chi connectivity index (χ2v) is 6.45. The van der Waals surface area contributed by atoms with Crippen LogP contribution in [0.4, 0.5) is 16.2 Å². The van der Waals surface area contributed by atoms with Crippen LogP contribution in [0.1, 0.15) is 11.1 Å². The third-order valence-electron chi connectivity index (χ3n) is 4.89. The fourth-order valence-electron chi connectivity index (χ4n) is 3.47. The van der Waals surface area contributed by atoms with Gasteiger partial charge < -0.3 is 15.0 Å². The molecule has 0 spiro atoms. The summed E-state index contributed by atoms with van der Waals surface area (Å²) in [6.07, 6.45) is 0.928. The van der Waals surface area contributed by atoms with E-state index in [9.17, 15) is 4.79 Å². The van der Waals surface area contributed by atoms with Crippen molar-refractivity contribution in [1.29, 1.82) is 0 Å². The molecule has 2 aromatic carbocycles. The number of urea groups is 1. The standard InChI is InChI=1S/C20H23N3O2/c24-20(23-10-9-17-3-1-2-4-19(17)23)21-15-16-5-7-18(8-6-16)22-11-13-25-14-12-22/h1-8H,9-15H2,(H,21,24). The molecule has 0 unspecified atom stereocenters. The first kappa shape index (κ1) is 16.0. The van der Waals surface area contributed by atoms with Crippen LogP contribution < -0.4 is 15.1 Å². The number of rotatable bonds is 3. The molecular weight excluding hydrogens is 314 g/mol. The number of para-hydroxylation sites is 1. The molecular formula is C20H23N3O2. The number of nitrogens with zero attached hydrogens (tertiary/aromatic N) is 2. The van der Waals surface area contributed by atoms with E-state index in [0.29, 0.717) is 6.54 Å². The van der Waals surface area contributed by atoms with Gasteiger partial charge in [0.2, 0.25) is 0 Å². The molecule has 5 heteroatoms. The average Bonchev–Trinajstić information content (AvgIpc) is 3.11. The number of carbonyl (C=O) groups is 1. The van der Waals surface area contributed by atoms with Gasteiger partial charge in [0.15, 0.2) is 0 Å². The maximum absolute atomic E-state index is 12.5. The first-order chi connectivity index (χ1) is 12.3. The average molecular weight is 337 g/mol. The van der Waals surface area contributed by atoms with Gasteiger partial charge in [0, 0.05) is 37.6 Å². The lowest BCUT2D eigenvalue weighted by molar-refractivity contribution is 0.122. The van der Waals surface area contributed by atoms with E-state index >= 15 is 0 Å². The summed E-state index contributed by atoms with van der Waals surface area (Å²) in [5.41, 5.74) is 4.60. The van der Waals surface area contributed by atoms with Crippen LogP contribution >= 0.6 is 0 Å². The lowest BCUT2D eigenvalue weighted by atomic mass is 10.2. The third kappa shape index (κ3) is 3.46. The summed E-state index contributed by atoms with van der Waals surface area (Å²) in [5, 5.41) is 3.03. The number of amides is 2. The SMILES string of the molecule is O=C(NCc1ccc(N2CCOCC2)cc1)N1CCc2ccccc21. The molecule has 0 aromatic heterocycles. The van der Waals surface area contributed by atoms with E-state index < -0.39 is 0 Å². The second-order valence-electron chi connectivity index (χ2n) is 6.45. The van der Waals surface area contributed by atoms with Gasteiger partial charge in [0.1, 0.15) is 0 Å². The summed E-state index contributed by atoms with van der Waals surface area (Å²) < 4.78 is 5.39. The van der Waals surface area contributed by atoms with Crippen LogP contribution in [0.15, 0.2) is 48.5 Å². The fourth-order valence-corrected chi connectivity index (χ4v) is 3.47. The van der Waals surface area contributed by atoms with Crippen LogP contribution in [0, 0.1) is 0 Å². The first-order valence-electron chi connectivity index (χ1n) is 8.86. The number of benzene rings is 2. The molecule has 1 saturated heterocycles. The Morgan fingerprint density at radius 2 is 1.76 bits per heavy atom. The van der Waals surface area contributed by atoms with Crippen LogP contribution in [-0.2, 0) is 17.7 Å². The number of anilines is 2. The fraction of sp³-hybridized carbons (Fsp3) is 0.350. The van der Waals surface area contributed by atoms with Crippen molar-refractivity contribution in [3.63, 3.8) is 0 Å². The number of hydrogen-bond acceptors (Lipinski definition) is 3. The van der Waals surface area contributed by atoms with E-state index in [1.807, 2.05) is 23.1 Å². The van der Waals surface area contributed by atoms with Gasteiger partial charge in [0.05, 0.1) is 13.2 Å². The van der Waals surface area contributed by atoms with Gasteiger partial charge in [0.25, 0.3) is 0 Å². The molecule has 130 valence electrons. The molecule has 1 N–H and O–H groups in total. The van der Waals surface area contributed by atoms with Crippen molar-refractivity contribution in [1.82, 2.24) is 5.32 Å². The normalized spacial score (nSPS) is 16.6. The zero-order chi connectivity index (χ0) is 17.1. The Hall–Kier alpha value is -2.53. The van der Waals surface area contributed by atoms with Crippen LogP contribution in [0.5, 0.6) is 0 Å². The van der Waals surface area contributed by atoms with Crippen LogP contribution in [0.2, 0.25) is 0 Å². The van der Waals surface area contributed by atoms with Crippen molar-refractivity contribution < 1.29 is 9.53 Å². The van der Waals surface area contributed by atoms with E-state index in [-0.39, 0.29) is 6.03 Å². The molecule has 0 saturated carbocycles. The third-order valence-corrected chi connectivity index (χ3v) is 4.89. The van der Waals surface area contributed by atoms with E-state index in [4.69, 9.17) is 4.74 Å². The number of carbonyl (C=O) groups excluding carboxylic acids is 1. The van der Waals surface area contributed by atoms with Crippen molar-refractivity contribution in [3.05, 3.63) is 59.7 Å². The monoisotopic (exact) mass is 337 g/mol. The lowest BCUT2D eigenvalue weighted by Gasteiger charge is -2.29. The molecule has 2 amide bonds. The quantitative estimate of drug-likeness (QED) is 0.937. The Balaban J connectivity index is 1.34. The van der Waals surface area contributed by atoms with Gasteiger partial charge in [-0.2, -0.15) is 0 Å². The number of fused-ring (bicyclic) bond motifs is 1. The summed E-state index contributed by atoms with van der Waals surface area (Å²) in [7, 11) is 0. The summed E-state index contributed by atoms with van der Waals surface area (Å²) >= 11 is 0. The van der Waals surface area contributed by atoms with E-state index in [1.54, 1.807) is 0 Å². The minimum atomic E-state index is -0.0257. The molecule has 1 fully saturated rings. The lowest BCUT2D eigenvalue weighted by Crippen LogP contribution is -2.38. The Kier molecular flexibility index (Phi) is 4.57. The molecule has 2 aliphatic heterocycles. The molecule has 0 radical (unpaired) electrons. The molecule has 4 rings (SSSR count). The van der Waals surface area contributed by atoms with Crippen LogP contribution in [0.3, 0.4) is 0 Å². The van der Waals surface area contributed by atoms with Crippen molar-refractivity contribution in [2.45, 2.75) is 13.0 Å². The summed E-state index contributed by atoms with van der Waals surface area (Å²) in [6, 6.07) is 16.5. The van der Waals surface area contributed by atoms with Gasteiger partial charge in [-0.1, -0.05) is 30.3 Å². The van der Waals surface area contributed by atoms with E-state index in [0.717, 1.165) is 50.5 Å². The van der Waals surface area contributed by atoms with Gasteiger partial charge in [-0.25, -0.2) is 4.79 Å². The molecule has 2 heterocycles. The zero-order valence-corrected chi connectivity index (χ0v) is 14.3. The van der Waals surface area contributed by atoms with Gasteiger partial charge in [-0.3, -0.25) is 4.90 Å². The Labute approximate surface area is 148 Å². The number of morpholine rings is 1. The first-order valence-corrected chi connectivity index (χ1v) is 8.86. The van der Waals surface area contributed by atoms with Crippen molar-refractivity contribution in [2.24, 2.45) is 0 Å². The van der Waals surface area contributed by atoms with Crippen LogP contribution in [-0.4, -0.2) is 38.9 Å². The number of hydrogen-bond donors (Lipinski definition) is 1. The van der Waals surface area contributed by atoms with E-state index in [1.165, 1.54) is 11.3 Å². The van der Waals surface area contributed by atoms with Crippen molar-refractivity contribution in [3.8, 4) is 0 Å². The summed E-state index contributed by atoms with van der Waals surface area (Å²) in [6.45, 7) is 4.74. The largest absolute Gasteiger partial charge is 0.378 e. The minimum Gasteiger partial charge on any atom is -0.378 e. The second kappa shape index (κ2) is 7.15. The predicted molar refractivity (Wildman–Crippen MR) is 99.2 cm³/mol. The maximum atomic E-state index is 12.5. The number of ether oxygens (including phenoxy) is 1. The Morgan fingerprint density at radius 3 is 2.56 bits per heavy atom. The van der Waals surface area contributed by atoms with Gasteiger partial charge in [-0.05, 0) is 35.7 Å². The highest BCUT2D eigenvalue weighted by molar-refractivity contribution is 5.94.